The summed E-state index contributed by atoms with van der Waals surface area (Å²) in [6.07, 6.45) is 3.66. The fourth-order valence-electron chi connectivity index (χ4n) is 3.21. The molecular weight excluding hydrogens is 346 g/mol. The van der Waals surface area contributed by atoms with E-state index >= 15 is 0 Å². The first-order valence-corrected chi connectivity index (χ1v) is 8.62. The fourth-order valence-corrected chi connectivity index (χ4v) is 3.34. The first kappa shape index (κ1) is 15.1. The molecule has 126 valence electrons. The molecule has 0 unspecified atom stereocenters. The van der Waals surface area contributed by atoms with E-state index in [9.17, 15) is 0 Å². The van der Waals surface area contributed by atoms with Crippen LogP contribution in [0.4, 0.5) is 0 Å². The number of rotatable bonds is 2. The van der Waals surface area contributed by atoms with Crippen molar-refractivity contribution >= 4 is 28.3 Å². The molecule has 0 aliphatic carbocycles. The maximum atomic E-state index is 6.02. The number of para-hydroxylation sites is 2. The maximum absolute atomic E-state index is 6.02. The zero-order valence-corrected chi connectivity index (χ0v) is 14.7. The quantitative estimate of drug-likeness (QED) is 0.459. The first-order valence-electron chi connectivity index (χ1n) is 8.24. The third kappa shape index (κ3) is 2.29. The van der Waals surface area contributed by atoms with Crippen LogP contribution >= 0.6 is 11.6 Å². The topological polar surface area (TPSA) is 48.0 Å². The zero-order chi connectivity index (χ0) is 17.7. The number of hydrogen-bond donors (Lipinski definition) is 0. The molecule has 0 amide bonds. The largest absolute Gasteiger partial charge is 0.283 e. The molecule has 0 fully saturated rings. The van der Waals surface area contributed by atoms with Gasteiger partial charge in [-0.05, 0) is 36.8 Å². The minimum Gasteiger partial charge on any atom is -0.283 e. The van der Waals surface area contributed by atoms with Gasteiger partial charge in [0, 0.05) is 22.3 Å². The van der Waals surface area contributed by atoms with Gasteiger partial charge in [-0.25, -0.2) is 9.97 Å². The normalized spacial score (nSPS) is 11.5. The summed E-state index contributed by atoms with van der Waals surface area (Å²) in [7, 11) is 0. The van der Waals surface area contributed by atoms with E-state index in [1.54, 1.807) is 0 Å². The SMILES string of the molecule is Cc1cc(-n2cnc3ccccc32)n2ncc(-c3ccc(Cl)cc3)c2n1. The number of halogens is 1. The molecule has 3 aromatic heterocycles. The lowest BCUT2D eigenvalue weighted by Gasteiger charge is -2.09. The molecule has 26 heavy (non-hydrogen) atoms. The summed E-state index contributed by atoms with van der Waals surface area (Å²) in [6.45, 7) is 1.99. The van der Waals surface area contributed by atoms with Crippen molar-refractivity contribution in [2.45, 2.75) is 6.92 Å². The molecule has 3 heterocycles. The van der Waals surface area contributed by atoms with Gasteiger partial charge in [-0.2, -0.15) is 9.61 Å². The number of nitrogens with zero attached hydrogens (tertiary/aromatic N) is 5. The van der Waals surface area contributed by atoms with E-state index in [-0.39, 0.29) is 0 Å². The van der Waals surface area contributed by atoms with Crippen LogP contribution in [0.1, 0.15) is 5.69 Å². The summed E-state index contributed by atoms with van der Waals surface area (Å²) in [5.74, 6) is 0.904. The van der Waals surface area contributed by atoms with E-state index in [2.05, 4.69) is 10.1 Å². The number of fused-ring (bicyclic) bond motifs is 2. The van der Waals surface area contributed by atoms with Gasteiger partial charge in [-0.3, -0.25) is 4.57 Å². The Kier molecular flexibility index (Phi) is 3.30. The van der Waals surface area contributed by atoms with Crippen LogP contribution in [0.3, 0.4) is 0 Å². The molecule has 5 aromatic rings. The van der Waals surface area contributed by atoms with Crippen LogP contribution in [0.15, 0.2) is 67.1 Å². The molecule has 0 aliphatic rings. The Labute approximate surface area is 154 Å². The highest BCUT2D eigenvalue weighted by molar-refractivity contribution is 6.30. The summed E-state index contributed by atoms with van der Waals surface area (Å²) >= 11 is 6.02. The Hall–Kier alpha value is -3.18. The molecule has 0 bridgehead atoms. The van der Waals surface area contributed by atoms with E-state index in [0.29, 0.717) is 5.02 Å². The van der Waals surface area contributed by atoms with Crippen LogP contribution in [-0.2, 0) is 0 Å². The van der Waals surface area contributed by atoms with Gasteiger partial charge in [0.2, 0.25) is 0 Å². The smallest absolute Gasteiger partial charge is 0.165 e. The molecule has 0 saturated heterocycles. The monoisotopic (exact) mass is 359 g/mol. The van der Waals surface area contributed by atoms with Gasteiger partial charge in [0.1, 0.15) is 12.1 Å². The van der Waals surface area contributed by atoms with Crippen molar-refractivity contribution in [3.05, 3.63) is 77.8 Å². The van der Waals surface area contributed by atoms with Crippen molar-refractivity contribution in [3.8, 4) is 16.9 Å². The maximum Gasteiger partial charge on any atom is 0.165 e. The lowest BCUT2D eigenvalue weighted by molar-refractivity contribution is 0.858. The number of hydrogen-bond acceptors (Lipinski definition) is 3. The standard InChI is InChI=1S/C20H14ClN5/c1-13-10-19(25-12-22-17-4-2-3-5-18(17)25)26-20(24-13)16(11-23-26)14-6-8-15(21)9-7-14/h2-12H,1H3. The van der Waals surface area contributed by atoms with Crippen LogP contribution in [0, 0.1) is 6.92 Å². The fraction of sp³-hybridized carbons (Fsp3) is 0.0500. The summed E-state index contributed by atoms with van der Waals surface area (Å²) in [6, 6.07) is 17.8. The summed E-state index contributed by atoms with van der Waals surface area (Å²) in [5.41, 5.74) is 5.70. The second-order valence-corrected chi connectivity index (χ2v) is 6.60. The zero-order valence-electron chi connectivity index (χ0n) is 14.0. The van der Waals surface area contributed by atoms with Crippen LogP contribution in [0.25, 0.3) is 33.6 Å². The third-order valence-electron chi connectivity index (χ3n) is 4.44. The Morgan fingerprint density at radius 1 is 1.00 bits per heavy atom. The molecule has 0 N–H and O–H groups in total. The van der Waals surface area contributed by atoms with E-state index in [1.807, 2.05) is 83.1 Å². The average Bonchev–Trinajstić information content (AvgIpc) is 3.26. The number of aryl methyl sites for hydroxylation is 1. The van der Waals surface area contributed by atoms with Gasteiger partial charge >= 0.3 is 0 Å². The Morgan fingerprint density at radius 3 is 2.65 bits per heavy atom. The Bertz CT molecular complexity index is 1250. The third-order valence-corrected chi connectivity index (χ3v) is 4.69. The molecule has 0 spiro atoms. The Morgan fingerprint density at radius 2 is 1.81 bits per heavy atom. The predicted octanol–water partition coefficient (Wildman–Crippen LogP) is 4.70. The number of aromatic nitrogens is 5. The van der Waals surface area contributed by atoms with Gasteiger partial charge in [0.15, 0.2) is 5.65 Å². The van der Waals surface area contributed by atoms with Crippen molar-refractivity contribution in [2.24, 2.45) is 0 Å². The van der Waals surface area contributed by atoms with Gasteiger partial charge in [0.05, 0.1) is 17.2 Å². The van der Waals surface area contributed by atoms with Gasteiger partial charge < -0.3 is 0 Å². The first-order chi connectivity index (χ1) is 12.7. The molecule has 5 nitrogen and oxygen atoms in total. The van der Waals surface area contributed by atoms with Crippen LogP contribution in [0.2, 0.25) is 5.02 Å². The molecular formula is C20H14ClN5. The molecule has 2 aromatic carbocycles. The highest BCUT2D eigenvalue weighted by Gasteiger charge is 2.14. The molecule has 0 saturated carbocycles. The highest BCUT2D eigenvalue weighted by atomic mass is 35.5. The average molecular weight is 360 g/mol. The molecule has 0 radical (unpaired) electrons. The lowest BCUT2D eigenvalue weighted by Crippen LogP contribution is -2.05. The second kappa shape index (κ2) is 5.68. The van der Waals surface area contributed by atoms with Crippen molar-refractivity contribution in [3.63, 3.8) is 0 Å². The van der Waals surface area contributed by atoms with E-state index in [4.69, 9.17) is 16.6 Å². The predicted molar refractivity (Wildman–Crippen MR) is 103 cm³/mol. The van der Waals surface area contributed by atoms with Gasteiger partial charge in [-0.1, -0.05) is 35.9 Å². The van der Waals surface area contributed by atoms with Crippen LogP contribution in [0.5, 0.6) is 0 Å². The van der Waals surface area contributed by atoms with E-state index in [0.717, 1.165) is 39.3 Å². The van der Waals surface area contributed by atoms with E-state index in [1.165, 1.54) is 0 Å². The van der Waals surface area contributed by atoms with Crippen molar-refractivity contribution in [1.82, 2.24) is 24.1 Å². The molecule has 6 heteroatoms. The van der Waals surface area contributed by atoms with Crippen molar-refractivity contribution in [1.29, 1.82) is 0 Å². The minimum atomic E-state index is 0.708. The summed E-state index contributed by atoms with van der Waals surface area (Å²) < 4.78 is 3.89. The Balaban J connectivity index is 1.78. The lowest BCUT2D eigenvalue weighted by atomic mass is 10.1. The molecule has 0 aliphatic heterocycles. The van der Waals surface area contributed by atoms with Gasteiger partial charge in [0.25, 0.3) is 0 Å². The van der Waals surface area contributed by atoms with Crippen LogP contribution < -0.4 is 0 Å². The van der Waals surface area contributed by atoms with Gasteiger partial charge in [-0.15, -0.1) is 0 Å². The van der Waals surface area contributed by atoms with Crippen molar-refractivity contribution < 1.29 is 0 Å². The van der Waals surface area contributed by atoms with E-state index < -0.39 is 0 Å². The highest BCUT2D eigenvalue weighted by Crippen LogP contribution is 2.27. The second-order valence-electron chi connectivity index (χ2n) is 6.16. The molecule has 5 rings (SSSR count). The van der Waals surface area contributed by atoms with Crippen LogP contribution in [-0.4, -0.2) is 24.1 Å². The van der Waals surface area contributed by atoms with Crippen molar-refractivity contribution in [2.75, 3.05) is 0 Å². The minimum absolute atomic E-state index is 0.708. The number of imidazole rings is 1. The molecule has 0 atom stereocenters. The summed E-state index contributed by atoms with van der Waals surface area (Å²) in [5, 5.41) is 5.30. The summed E-state index contributed by atoms with van der Waals surface area (Å²) in [4.78, 5) is 9.21. The number of benzene rings is 2.